The maximum Gasteiger partial charge on any atom is 0.319 e. The number of aryl methyl sites for hydroxylation is 1. The van der Waals surface area contributed by atoms with Crippen LogP contribution < -0.4 is 10.6 Å². The zero-order valence-electron chi connectivity index (χ0n) is 19.2. The lowest BCUT2D eigenvalue weighted by atomic mass is 10.1. The number of amides is 3. The summed E-state index contributed by atoms with van der Waals surface area (Å²) >= 11 is 0. The van der Waals surface area contributed by atoms with Crippen molar-refractivity contribution >= 4 is 17.6 Å². The molecule has 2 N–H and O–H groups in total. The number of carbonyl (C=O) groups is 2. The van der Waals surface area contributed by atoms with Gasteiger partial charge in [0.25, 0.3) is 5.91 Å². The monoisotopic (exact) mass is 460 g/mol. The number of carbonyl (C=O) groups excluding carboxylic acids is 2. The number of rotatable bonds is 6. The van der Waals surface area contributed by atoms with Gasteiger partial charge in [-0.05, 0) is 43.5 Å². The van der Waals surface area contributed by atoms with E-state index in [9.17, 15) is 9.59 Å². The summed E-state index contributed by atoms with van der Waals surface area (Å²) in [5.74, 6) is 1.13. The molecular weight excluding hydrogens is 432 g/mol. The molecule has 2 aromatic carbocycles. The van der Waals surface area contributed by atoms with E-state index in [4.69, 9.17) is 4.52 Å². The van der Waals surface area contributed by atoms with Crippen molar-refractivity contribution < 1.29 is 14.1 Å². The van der Waals surface area contributed by atoms with Gasteiger partial charge < -0.3 is 20.1 Å². The SMILES string of the molecule is Cc1ccccc1-c1noc(CN2CCN(C(=O)c3cccc(NC(=O)NC4CC4)c3)CC2)n1. The second kappa shape index (κ2) is 9.64. The summed E-state index contributed by atoms with van der Waals surface area (Å²) in [6.07, 6.45) is 2.05. The lowest BCUT2D eigenvalue weighted by molar-refractivity contribution is 0.0615. The average molecular weight is 461 g/mol. The molecule has 3 aromatic rings. The van der Waals surface area contributed by atoms with Crippen LogP contribution in [-0.4, -0.2) is 64.1 Å². The average Bonchev–Trinajstić information content (AvgIpc) is 3.54. The maximum atomic E-state index is 13.0. The van der Waals surface area contributed by atoms with Crippen molar-refractivity contribution in [2.75, 3.05) is 31.5 Å². The highest BCUT2D eigenvalue weighted by atomic mass is 16.5. The van der Waals surface area contributed by atoms with Crippen LogP contribution in [0.1, 0.15) is 34.7 Å². The van der Waals surface area contributed by atoms with Gasteiger partial charge in [-0.3, -0.25) is 9.69 Å². The minimum atomic E-state index is -0.229. The molecule has 1 aliphatic carbocycles. The molecule has 0 spiro atoms. The molecule has 1 saturated heterocycles. The molecule has 1 saturated carbocycles. The third kappa shape index (κ3) is 5.26. The fourth-order valence-corrected chi connectivity index (χ4v) is 4.05. The summed E-state index contributed by atoms with van der Waals surface area (Å²) in [6, 6.07) is 15.1. The van der Waals surface area contributed by atoms with Gasteiger partial charge in [0, 0.05) is 49.0 Å². The predicted molar refractivity (Wildman–Crippen MR) is 127 cm³/mol. The highest BCUT2D eigenvalue weighted by Gasteiger charge is 2.25. The maximum absolute atomic E-state index is 13.0. The molecule has 34 heavy (non-hydrogen) atoms. The lowest BCUT2D eigenvalue weighted by Gasteiger charge is -2.34. The van der Waals surface area contributed by atoms with E-state index in [0.29, 0.717) is 42.6 Å². The van der Waals surface area contributed by atoms with Gasteiger partial charge in [0.1, 0.15) is 0 Å². The third-order valence-electron chi connectivity index (χ3n) is 6.15. The molecule has 1 aromatic heterocycles. The van der Waals surface area contributed by atoms with Crippen LogP contribution in [0.25, 0.3) is 11.4 Å². The van der Waals surface area contributed by atoms with Gasteiger partial charge in [0.05, 0.1) is 6.54 Å². The van der Waals surface area contributed by atoms with E-state index in [2.05, 4.69) is 25.7 Å². The number of benzene rings is 2. The number of hydrogen-bond acceptors (Lipinski definition) is 6. The van der Waals surface area contributed by atoms with E-state index in [0.717, 1.165) is 37.1 Å². The number of hydrogen-bond donors (Lipinski definition) is 2. The van der Waals surface area contributed by atoms with Crippen LogP contribution in [0.4, 0.5) is 10.5 Å². The summed E-state index contributed by atoms with van der Waals surface area (Å²) in [5.41, 5.74) is 3.25. The zero-order valence-corrected chi connectivity index (χ0v) is 19.2. The number of urea groups is 1. The minimum absolute atomic E-state index is 0.0365. The summed E-state index contributed by atoms with van der Waals surface area (Å²) in [6.45, 7) is 5.23. The highest BCUT2D eigenvalue weighted by molar-refractivity contribution is 5.97. The topological polar surface area (TPSA) is 104 Å². The van der Waals surface area contributed by atoms with Gasteiger partial charge >= 0.3 is 6.03 Å². The Morgan fingerprint density at radius 1 is 1.06 bits per heavy atom. The summed E-state index contributed by atoms with van der Waals surface area (Å²) in [5, 5.41) is 9.83. The first kappa shape index (κ1) is 22.1. The zero-order chi connectivity index (χ0) is 23.5. The first-order chi connectivity index (χ1) is 16.5. The molecule has 3 amide bonds. The fourth-order valence-electron chi connectivity index (χ4n) is 4.05. The standard InChI is InChI=1S/C25H28N6O3/c1-17-5-2-3-8-21(17)23-28-22(34-29-23)16-30-11-13-31(14-12-30)24(32)18-6-4-7-20(15-18)27-25(33)26-19-9-10-19/h2-8,15,19H,9-14,16H2,1H3,(H2,26,27,33). The Bertz CT molecular complexity index is 1180. The van der Waals surface area contributed by atoms with Crippen LogP contribution in [0.2, 0.25) is 0 Å². The summed E-state index contributed by atoms with van der Waals surface area (Å²) in [7, 11) is 0. The van der Waals surface area contributed by atoms with Gasteiger partial charge in [-0.1, -0.05) is 35.5 Å². The van der Waals surface area contributed by atoms with E-state index < -0.39 is 0 Å². The Morgan fingerprint density at radius 3 is 2.62 bits per heavy atom. The Morgan fingerprint density at radius 2 is 1.85 bits per heavy atom. The Hall–Kier alpha value is -3.72. The van der Waals surface area contributed by atoms with Gasteiger partial charge in [-0.25, -0.2) is 4.79 Å². The van der Waals surface area contributed by atoms with Crippen LogP contribution in [0.15, 0.2) is 53.1 Å². The largest absolute Gasteiger partial charge is 0.338 e. The van der Waals surface area contributed by atoms with Crippen LogP contribution in [0.5, 0.6) is 0 Å². The third-order valence-corrected chi connectivity index (χ3v) is 6.15. The van der Waals surface area contributed by atoms with Crippen molar-refractivity contribution in [2.45, 2.75) is 32.4 Å². The molecular formula is C25H28N6O3. The van der Waals surface area contributed by atoms with Gasteiger partial charge in [-0.15, -0.1) is 0 Å². The molecule has 176 valence electrons. The molecule has 0 atom stereocenters. The van der Waals surface area contributed by atoms with E-state index in [-0.39, 0.29) is 18.0 Å². The Balaban J connectivity index is 1.14. The number of piperazine rings is 1. The molecule has 2 heterocycles. The predicted octanol–water partition coefficient (Wildman–Crippen LogP) is 3.29. The van der Waals surface area contributed by atoms with Crippen LogP contribution in [0, 0.1) is 6.92 Å². The Kier molecular flexibility index (Phi) is 6.27. The van der Waals surface area contributed by atoms with Crippen molar-refractivity contribution in [3.8, 4) is 11.4 Å². The normalized spacial score (nSPS) is 16.3. The van der Waals surface area contributed by atoms with Gasteiger partial charge in [0.15, 0.2) is 0 Å². The smallest absolute Gasteiger partial charge is 0.319 e. The van der Waals surface area contributed by atoms with Crippen molar-refractivity contribution in [3.63, 3.8) is 0 Å². The molecule has 0 bridgehead atoms. The molecule has 1 aliphatic heterocycles. The van der Waals surface area contributed by atoms with Gasteiger partial charge in [-0.2, -0.15) is 4.98 Å². The molecule has 9 heteroatoms. The molecule has 2 aliphatic rings. The summed E-state index contributed by atoms with van der Waals surface area (Å²) in [4.78, 5) is 33.6. The van der Waals surface area contributed by atoms with Crippen molar-refractivity contribution in [2.24, 2.45) is 0 Å². The quantitative estimate of drug-likeness (QED) is 0.585. The van der Waals surface area contributed by atoms with Crippen LogP contribution >= 0.6 is 0 Å². The van der Waals surface area contributed by atoms with Crippen molar-refractivity contribution in [3.05, 3.63) is 65.5 Å². The Labute approximate surface area is 198 Å². The van der Waals surface area contributed by atoms with Gasteiger partial charge in [0.2, 0.25) is 11.7 Å². The second-order valence-electron chi connectivity index (χ2n) is 8.85. The fraction of sp³-hybridized carbons (Fsp3) is 0.360. The van der Waals surface area contributed by atoms with Crippen LogP contribution in [-0.2, 0) is 6.54 Å². The highest BCUT2D eigenvalue weighted by Crippen LogP contribution is 2.21. The van der Waals surface area contributed by atoms with Crippen molar-refractivity contribution in [1.82, 2.24) is 25.3 Å². The first-order valence-electron chi connectivity index (χ1n) is 11.6. The molecule has 0 radical (unpaired) electrons. The van der Waals surface area contributed by atoms with E-state index in [1.807, 2.05) is 36.1 Å². The lowest BCUT2D eigenvalue weighted by Crippen LogP contribution is -2.48. The van der Waals surface area contributed by atoms with Crippen LogP contribution in [0.3, 0.4) is 0 Å². The minimum Gasteiger partial charge on any atom is -0.338 e. The number of aromatic nitrogens is 2. The van der Waals surface area contributed by atoms with E-state index in [1.165, 1.54) is 0 Å². The molecule has 5 rings (SSSR count). The van der Waals surface area contributed by atoms with E-state index >= 15 is 0 Å². The molecule has 9 nitrogen and oxygen atoms in total. The number of nitrogens with one attached hydrogen (secondary N) is 2. The number of nitrogens with zero attached hydrogens (tertiary/aromatic N) is 4. The van der Waals surface area contributed by atoms with E-state index in [1.54, 1.807) is 24.3 Å². The summed E-state index contributed by atoms with van der Waals surface area (Å²) < 4.78 is 5.47. The molecule has 2 fully saturated rings. The number of anilines is 1. The second-order valence-corrected chi connectivity index (χ2v) is 8.85. The molecule has 0 unspecified atom stereocenters. The first-order valence-corrected chi connectivity index (χ1v) is 11.6. The van der Waals surface area contributed by atoms with Crippen molar-refractivity contribution in [1.29, 1.82) is 0 Å².